The van der Waals surface area contributed by atoms with Crippen molar-refractivity contribution < 1.29 is 26.9 Å². The molecule has 0 aromatic rings. The molecule has 4 atom stereocenters. The zero-order valence-corrected chi connectivity index (χ0v) is 8.20. The number of aliphatic hydroxyl groups excluding tert-OH is 4. The van der Waals surface area contributed by atoms with Crippen molar-refractivity contribution in [2.45, 2.75) is 22.4 Å². The van der Waals surface area contributed by atoms with Crippen LogP contribution in [0.5, 0.6) is 0 Å². The molecule has 1 fully saturated rings. The van der Waals surface area contributed by atoms with Crippen LogP contribution in [0.15, 0.2) is 0 Å². The summed E-state index contributed by atoms with van der Waals surface area (Å²) in [6, 6.07) is 0. The van der Waals surface area contributed by atoms with E-state index in [1.54, 1.807) is 0 Å². The van der Waals surface area contributed by atoms with E-state index in [-0.39, 0.29) is 0 Å². The Morgan fingerprint density at radius 2 is 1.75 bits per heavy atom. The molecule has 0 spiro atoms. The molecule has 1 saturated heterocycles. The molecule has 0 aliphatic carbocycles. The first-order valence-electron chi connectivity index (χ1n) is 3.28. The molecule has 12 heavy (non-hydrogen) atoms. The van der Waals surface area contributed by atoms with Gasteiger partial charge in [0.05, 0.1) is 0 Å². The molecule has 6 nitrogen and oxygen atoms in total. The molecule has 5 N–H and O–H groups in total. The molecular weight excluding hydrogens is 283 g/mol. The van der Waals surface area contributed by atoms with Crippen molar-refractivity contribution >= 4 is 20.6 Å². The van der Waals surface area contributed by atoms with Crippen LogP contribution in [0.4, 0.5) is 0 Å². The zero-order chi connectivity index (χ0) is 9.30. The van der Waals surface area contributed by atoms with Crippen LogP contribution in [0.1, 0.15) is 0 Å². The van der Waals surface area contributed by atoms with E-state index >= 15 is 0 Å². The monoisotopic (exact) mass is 294 g/mol. The van der Waals surface area contributed by atoms with Gasteiger partial charge >= 0.3 is 76.6 Å². The number of aliphatic hydroxyl groups is 4. The van der Waals surface area contributed by atoms with Crippen LogP contribution in [0.2, 0.25) is 0 Å². The maximum atomic E-state index is 9.14. The first kappa shape index (κ1) is 10.6. The van der Waals surface area contributed by atoms with E-state index in [1.807, 2.05) is 0 Å². The first-order valence-corrected chi connectivity index (χ1v) is 6.37. The van der Waals surface area contributed by atoms with E-state index < -0.39 is 49.7 Å². The Labute approximate surface area is 76.9 Å². The minimum atomic E-state index is -3.04. The van der Waals surface area contributed by atoms with Crippen molar-refractivity contribution in [1.82, 2.24) is 0 Å². The van der Waals surface area contributed by atoms with Gasteiger partial charge < -0.3 is 0 Å². The van der Waals surface area contributed by atoms with Crippen molar-refractivity contribution in [3.63, 3.8) is 0 Å². The van der Waals surface area contributed by atoms with E-state index in [9.17, 15) is 0 Å². The van der Waals surface area contributed by atoms with E-state index in [4.69, 9.17) is 26.9 Å². The van der Waals surface area contributed by atoms with Gasteiger partial charge in [-0.05, 0) is 0 Å². The zero-order valence-electron chi connectivity index (χ0n) is 6.04. The molecule has 0 amide bonds. The van der Waals surface area contributed by atoms with Gasteiger partial charge in [0, 0.05) is 0 Å². The van der Waals surface area contributed by atoms with Gasteiger partial charge in [0.15, 0.2) is 0 Å². The second-order valence-electron chi connectivity index (χ2n) is 2.42. The number of alkyl halides is 1. The van der Waals surface area contributed by atoms with Crippen LogP contribution in [0, 0.1) is 0 Å². The fourth-order valence-corrected chi connectivity index (χ4v) is 3.34. The topological polar surface area (TPSA) is 110 Å². The van der Waals surface area contributed by atoms with Crippen LogP contribution in [-0.2, 0) is 3.07 Å². The van der Waals surface area contributed by atoms with Crippen molar-refractivity contribution in [3.05, 3.63) is 0 Å². The Morgan fingerprint density at radius 3 is 2.25 bits per heavy atom. The molecule has 0 unspecified atom stereocenters. The Kier molecular flexibility index (Phi) is 3.64. The third kappa shape index (κ3) is 1.87. The predicted molar refractivity (Wildman–Crippen MR) is 46.2 cm³/mol. The van der Waals surface area contributed by atoms with Crippen LogP contribution in [0.3, 0.4) is 0 Å². The molecule has 74 valence electrons. The van der Waals surface area contributed by atoms with Gasteiger partial charge in [0.1, 0.15) is 0 Å². The van der Waals surface area contributed by atoms with Crippen molar-refractivity contribution in [1.29, 1.82) is 0 Å². The number of halogens is 1. The summed E-state index contributed by atoms with van der Waals surface area (Å²) in [5.41, 5.74) is 0. The third-order valence-corrected chi connectivity index (χ3v) is 4.59. The molecular formula is C5H11IO6. The minimum absolute atomic E-state index is 0.487. The van der Waals surface area contributed by atoms with Crippen molar-refractivity contribution in [3.8, 4) is 0 Å². The normalized spacial score (nSPS) is 46.2. The summed E-state index contributed by atoms with van der Waals surface area (Å²) in [6.07, 6.45) is -3.75. The molecule has 1 aliphatic rings. The van der Waals surface area contributed by atoms with Crippen molar-refractivity contribution in [2.75, 3.05) is 6.61 Å². The Bertz CT molecular complexity index is 150. The summed E-state index contributed by atoms with van der Waals surface area (Å²) in [6.45, 7) is -0.487. The standard InChI is InChI=1S/C5H11IO6/c7-1-2-3(8)4(9)5(10)6(11)12-2/h2-5,7-11H,1H2/t2-,3-,4+,5+/m1/s1. The second kappa shape index (κ2) is 4.13. The summed E-state index contributed by atoms with van der Waals surface area (Å²) >= 11 is -3.04. The Balaban J connectivity index is 2.63. The van der Waals surface area contributed by atoms with Crippen LogP contribution in [-0.4, -0.2) is 52.9 Å². The van der Waals surface area contributed by atoms with Gasteiger partial charge in [-0.1, -0.05) is 0 Å². The fourth-order valence-electron chi connectivity index (χ4n) is 0.852. The summed E-state index contributed by atoms with van der Waals surface area (Å²) < 4.78 is 12.4. The van der Waals surface area contributed by atoms with Gasteiger partial charge in [-0.3, -0.25) is 0 Å². The summed E-state index contributed by atoms with van der Waals surface area (Å²) in [7, 11) is 0. The van der Waals surface area contributed by atoms with Gasteiger partial charge in [-0.2, -0.15) is 0 Å². The average Bonchev–Trinajstić information content (AvgIpc) is 2.08. The number of rotatable bonds is 1. The third-order valence-electron chi connectivity index (χ3n) is 1.59. The van der Waals surface area contributed by atoms with Crippen molar-refractivity contribution in [2.24, 2.45) is 0 Å². The van der Waals surface area contributed by atoms with E-state index in [1.165, 1.54) is 0 Å². The summed E-state index contributed by atoms with van der Waals surface area (Å²) in [5.74, 6) is 0. The molecule has 0 aromatic heterocycles. The average molecular weight is 294 g/mol. The van der Waals surface area contributed by atoms with Crippen LogP contribution < -0.4 is 0 Å². The number of hydrogen-bond acceptors (Lipinski definition) is 6. The van der Waals surface area contributed by atoms with Gasteiger partial charge in [0.25, 0.3) is 0 Å². The summed E-state index contributed by atoms with van der Waals surface area (Å²) in [4.78, 5) is 0. The molecule has 0 radical (unpaired) electrons. The van der Waals surface area contributed by atoms with E-state index in [2.05, 4.69) is 0 Å². The second-order valence-corrected chi connectivity index (χ2v) is 5.66. The van der Waals surface area contributed by atoms with Crippen LogP contribution in [0.25, 0.3) is 0 Å². The number of hydrogen-bond donors (Lipinski definition) is 5. The van der Waals surface area contributed by atoms with E-state index in [0.717, 1.165) is 0 Å². The van der Waals surface area contributed by atoms with Crippen LogP contribution >= 0.6 is 20.6 Å². The molecule has 0 saturated carbocycles. The Hall–Kier alpha value is 0.490. The predicted octanol–water partition coefficient (Wildman–Crippen LogP) is -2.25. The molecule has 0 aromatic carbocycles. The molecule has 7 heteroatoms. The van der Waals surface area contributed by atoms with Gasteiger partial charge in [-0.25, -0.2) is 0 Å². The molecule has 1 heterocycles. The molecule has 1 rings (SSSR count). The molecule has 0 bridgehead atoms. The maximum absolute atomic E-state index is 9.14. The quantitative estimate of drug-likeness (QED) is 0.276. The molecule has 1 aliphatic heterocycles. The SMILES string of the molecule is OC[C@H]1OI(O)[C@@H](O)[C@@H](O)[C@@H]1O. The fraction of sp³-hybridized carbons (Fsp3) is 1.00. The Morgan fingerprint density at radius 1 is 1.17 bits per heavy atom. The van der Waals surface area contributed by atoms with Gasteiger partial charge in [0.2, 0.25) is 0 Å². The summed E-state index contributed by atoms with van der Waals surface area (Å²) in [5, 5.41) is 35.9. The first-order chi connectivity index (χ1) is 5.57. The van der Waals surface area contributed by atoms with E-state index in [0.29, 0.717) is 0 Å². The van der Waals surface area contributed by atoms with Gasteiger partial charge in [-0.15, -0.1) is 0 Å².